The molecule has 3 aromatic rings. The van der Waals surface area contributed by atoms with E-state index in [4.69, 9.17) is 4.74 Å². The van der Waals surface area contributed by atoms with Crippen LogP contribution in [-0.4, -0.2) is 59.5 Å². The van der Waals surface area contributed by atoms with Gasteiger partial charge in [0.15, 0.2) is 0 Å². The van der Waals surface area contributed by atoms with E-state index in [1.165, 1.54) is 0 Å². The zero-order chi connectivity index (χ0) is 22.2. The number of carbonyl (C=O) groups is 2. The lowest BCUT2D eigenvalue weighted by Gasteiger charge is -2.42. The van der Waals surface area contributed by atoms with Crippen LogP contribution in [0.1, 0.15) is 46.3 Å². The van der Waals surface area contributed by atoms with Crippen molar-refractivity contribution in [2.75, 3.05) is 33.4 Å². The number of aromatic nitrogens is 1. The molecule has 6 heteroatoms. The number of nitrogens with zero attached hydrogens (tertiary/aromatic N) is 3. The van der Waals surface area contributed by atoms with Gasteiger partial charge in [-0.1, -0.05) is 36.4 Å². The SMILES string of the molecule is COCCN1C(=O)c2ccccc2C(C(=O)N2CCCC2)C1c1cn(C)c2ccccc12. The molecule has 0 spiro atoms. The highest BCUT2D eigenvalue weighted by Gasteiger charge is 2.46. The van der Waals surface area contributed by atoms with Crippen LogP contribution >= 0.6 is 0 Å². The fraction of sp³-hybridized carbons (Fsp3) is 0.385. The average molecular weight is 432 g/mol. The molecule has 5 rings (SSSR count). The van der Waals surface area contributed by atoms with Gasteiger partial charge in [-0.15, -0.1) is 0 Å². The molecule has 2 unspecified atom stereocenters. The first-order valence-electron chi connectivity index (χ1n) is 11.3. The summed E-state index contributed by atoms with van der Waals surface area (Å²) in [4.78, 5) is 31.5. The smallest absolute Gasteiger partial charge is 0.254 e. The Morgan fingerprint density at radius 3 is 2.53 bits per heavy atom. The van der Waals surface area contributed by atoms with Crippen LogP contribution in [0.3, 0.4) is 0 Å². The van der Waals surface area contributed by atoms with E-state index in [1.54, 1.807) is 7.11 Å². The van der Waals surface area contributed by atoms with Gasteiger partial charge in [-0.25, -0.2) is 0 Å². The van der Waals surface area contributed by atoms with E-state index in [0.29, 0.717) is 18.7 Å². The van der Waals surface area contributed by atoms with E-state index < -0.39 is 5.92 Å². The molecule has 0 N–H and O–H groups in total. The highest BCUT2D eigenvalue weighted by molar-refractivity contribution is 6.02. The number of para-hydroxylation sites is 1. The minimum atomic E-state index is -0.440. The Morgan fingerprint density at radius 2 is 1.75 bits per heavy atom. The van der Waals surface area contributed by atoms with Crippen molar-refractivity contribution in [2.24, 2.45) is 7.05 Å². The summed E-state index contributed by atoms with van der Waals surface area (Å²) in [7, 11) is 3.66. The minimum absolute atomic E-state index is 0.0407. The van der Waals surface area contributed by atoms with Crippen molar-refractivity contribution < 1.29 is 14.3 Å². The largest absolute Gasteiger partial charge is 0.383 e. The molecule has 0 saturated carbocycles. The monoisotopic (exact) mass is 431 g/mol. The number of fused-ring (bicyclic) bond motifs is 2. The van der Waals surface area contributed by atoms with Crippen molar-refractivity contribution in [3.63, 3.8) is 0 Å². The van der Waals surface area contributed by atoms with Crippen molar-refractivity contribution in [3.05, 3.63) is 71.4 Å². The van der Waals surface area contributed by atoms with E-state index in [-0.39, 0.29) is 17.9 Å². The first-order valence-corrected chi connectivity index (χ1v) is 11.3. The Balaban J connectivity index is 1.73. The second-order valence-electron chi connectivity index (χ2n) is 8.75. The summed E-state index contributed by atoms with van der Waals surface area (Å²) < 4.78 is 7.44. The Labute approximate surface area is 188 Å². The molecule has 166 valence electrons. The third kappa shape index (κ3) is 3.30. The standard InChI is InChI=1S/C26H29N3O3/c1-27-17-21(18-9-5-6-12-22(18)27)24-23(26(31)28-13-7-8-14-28)19-10-3-4-11-20(19)25(30)29(24)15-16-32-2/h3-6,9-12,17,23-24H,7-8,13-16H2,1-2H3. The van der Waals surface area contributed by atoms with Gasteiger partial charge in [0, 0.05) is 62.0 Å². The van der Waals surface area contributed by atoms with Crippen LogP contribution in [0.2, 0.25) is 0 Å². The molecule has 1 saturated heterocycles. The molecule has 1 fully saturated rings. The number of carbonyl (C=O) groups excluding carboxylic acids is 2. The maximum Gasteiger partial charge on any atom is 0.254 e. The van der Waals surface area contributed by atoms with Crippen molar-refractivity contribution in [2.45, 2.75) is 24.8 Å². The molecule has 0 bridgehead atoms. The lowest BCUT2D eigenvalue weighted by molar-refractivity contribution is -0.133. The third-order valence-corrected chi connectivity index (χ3v) is 6.91. The molecule has 6 nitrogen and oxygen atoms in total. The van der Waals surface area contributed by atoms with Crippen LogP contribution in [0.4, 0.5) is 0 Å². The summed E-state index contributed by atoms with van der Waals surface area (Å²) in [6, 6.07) is 15.4. The lowest BCUT2D eigenvalue weighted by Crippen LogP contribution is -2.48. The minimum Gasteiger partial charge on any atom is -0.383 e. The van der Waals surface area contributed by atoms with Gasteiger partial charge in [0.25, 0.3) is 5.91 Å². The maximum absolute atomic E-state index is 14.0. The summed E-state index contributed by atoms with van der Waals surface area (Å²) in [6.07, 6.45) is 4.15. The Bertz CT molecular complexity index is 1160. The van der Waals surface area contributed by atoms with Crippen LogP contribution in [-0.2, 0) is 16.6 Å². The van der Waals surface area contributed by atoms with Crippen molar-refractivity contribution in [1.29, 1.82) is 0 Å². The van der Waals surface area contributed by atoms with Gasteiger partial charge in [-0.2, -0.15) is 0 Å². The second kappa shape index (κ2) is 8.43. The van der Waals surface area contributed by atoms with E-state index in [2.05, 4.69) is 22.9 Å². The van der Waals surface area contributed by atoms with Crippen molar-refractivity contribution in [1.82, 2.24) is 14.4 Å². The molecule has 3 heterocycles. The van der Waals surface area contributed by atoms with Crippen LogP contribution in [0.5, 0.6) is 0 Å². The van der Waals surface area contributed by atoms with Crippen molar-refractivity contribution >= 4 is 22.7 Å². The van der Waals surface area contributed by atoms with Gasteiger partial charge in [-0.05, 0) is 30.5 Å². The molecule has 2 atom stereocenters. The quantitative estimate of drug-likeness (QED) is 0.619. The van der Waals surface area contributed by atoms with Gasteiger partial charge in [0.05, 0.1) is 18.6 Å². The average Bonchev–Trinajstić information content (AvgIpc) is 3.47. The van der Waals surface area contributed by atoms with E-state index in [9.17, 15) is 9.59 Å². The third-order valence-electron chi connectivity index (χ3n) is 6.91. The predicted octanol–water partition coefficient (Wildman–Crippen LogP) is 3.73. The summed E-state index contributed by atoms with van der Waals surface area (Å²) >= 11 is 0. The van der Waals surface area contributed by atoms with Gasteiger partial charge >= 0.3 is 0 Å². The number of methoxy groups -OCH3 is 1. The van der Waals surface area contributed by atoms with Gasteiger partial charge in [0.2, 0.25) is 5.91 Å². The molecule has 32 heavy (non-hydrogen) atoms. The van der Waals surface area contributed by atoms with E-state index in [0.717, 1.165) is 48.0 Å². The molecule has 2 aliphatic rings. The molecular weight excluding hydrogens is 402 g/mol. The number of ether oxygens (including phenoxy) is 1. The summed E-state index contributed by atoms with van der Waals surface area (Å²) in [5.41, 5.74) is 3.56. The fourth-order valence-electron chi connectivity index (χ4n) is 5.38. The predicted molar refractivity (Wildman–Crippen MR) is 124 cm³/mol. The number of rotatable bonds is 5. The highest BCUT2D eigenvalue weighted by Crippen LogP contribution is 2.46. The van der Waals surface area contributed by atoms with Crippen LogP contribution in [0.25, 0.3) is 10.9 Å². The summed E-state index contributed by atoms with van der Waals surface area (Å²) in [5.74, 6) is -0.367. The summed E-state index contributed by atoms with van der Waals surface area (Å²) in [5, 5.41) is 1.08. The van der Waals surface area contributed by atoms with Crippen LogP contribution in [0.15, 0.2) is 54.7 Å². The zero-order valence-corrected chi connectivity index (χ0v) is 18.7. The first-order chi connectivity index (χ1) is 15.6. The Kier molecular flexibility index (Phi) is 5.47. The molecule has 1 aromatic heterocycles. The Hall–Kier alpha value is -3.12. The number of benzene rings is 2. The zero-order valence-electron chi connectivity index (χ0n) is 18.7. The fourth-order valence-corrected chi connectivity index (χ4v) is 5.38. The second-order valence-corrected chi connectivity index (χ2v) is 8.75. The number of likely N-dealkylation sites (tertiary alicyclic amines) is 1. The molecule has 2 aliphatic heterocycles. The lowest BCUT2D eigenvalue weighted by atomic mass is 9.78. The molecular formula is C26H29N3O3. The van der Waals surface area contributed by atoms with E-state index >= 15 is 0 Å². The normalized spacial score (nSPS) is 20.8. The van der Waals surface area contributed by atoms with Crippen LogP contribution in [0, 0.1) is 0 Å². The van der Waals surface area contributed by atoms with Crippen molar-refractivity contribution in [3.8, 4) is 0 Å². The highest BCUT2D eigenvalue weighted by atomic mass is 16.5. The molecule has 0 radical (unpaired) electrons. The summed E-state index contributed by atoms with van der Waals surface area (Å²) in [6.45, 7) is 2.42. The maximum atomic E-state index is 14.0. The van der Waals surface area contributed by atoms with E-state index in [1.807, 2.05) is 53.2 Å². The molecule has 0 aliphatic carbocycles. The van der Waals surface area contributed by atoms with Gasteiger partial charge in [-0.3, -0.25) is 9.59 Å². The van der Waals surface area contributed by atoms with Gasteiger partial charge in [0.1, 0.15) is 0 Å². The Morgan fingerprint density at radius 1 is 1.03 bits per heavy atom. The number of aryl methyl sites for hydroxylation is 1. The van der Waals surface area contributed by atoms with Crippen LogP contribution < -0.4 is 0 Å². The molecule has 2 aromatic carbocycles. The molecule has 2 amide bonds. The number of hydrogen-bond donors (Lipinski definition) is 0. The number of amides is 2. The van der Waals surface area contributed by atoms with Gasteiger partial charge < -0.3 is 19.1 Å². The number of hydrogen-bond acceptors (Lipinski definition) is 3. The topological polar surface area (TPSA) is 54.8 Å². The first kappa shape index (κ1) is 20.8.